The van der Waals surface area contributed by atoms with E-state index in [0.717, 1.165) is 0 Å². The van der Waals surface area contributed by atoms with Gasteiger partial charge < -0.3 is 10.5 Å². The van der Waals surface area contributed by atoms with Gasteiger partial charge in [0.15, 0.2) is 0 Å². The molecule has 0 saturated heterocycles. The van der Waals surface area contributed by atoms with Crippen molar-refractivity contribution in [1.29, 1.82) is 5.41 Å². The first-order chi connectivity index (χ1) is 4.57. The highest BCUT2D eigenvalue weighted by Gasteiger charge is 2.13. The summed E-state index contributed by atoms with van der Waals surface area (Å²) in [6.45, 7) is 1.67. The number of carbonyl (C=O) groups excluding carboxylic acids is 1. The molecule has 3 N–H and O–H groups in total. The highest BCUT2D eigenvalue weighted by atomic mass is 16.5. The van der Waals surface area contributed by atoms with Crippen LogP contribution in [0.2, 0.25) is 0 Å². The van der Waals surface area contributed by atoms with E-state index in [0.29, 0.717) is 0 Å². The maximum absolute atomic E-state index is 10.7. The first-order valence-corrected chi connectivity index (χ1v) is 2.98. The molecule has 0 fully saturated rings. The van der Waals surface area contributed by atoms with Crippen LogP contribution in [0, 0.1) is 11.3 Å². The van der Waals surface area contributed by atoms with Gasteiger partial charge in [-0.3, -0.25) is 10.2 Å². The number of rotatable bonds is 3. The third kappa shape index (κ3) is 3.06. The van der Waals surface area contributed by atoms with Gasteiger partial charge in [-0.2, -0.15) is 0 Å². The zero-order chi connectivity index (χ0) is 8.15. The van der Waals surface area contributed by atoms with Crippen LogP contribution in [0.3, 0.4) is 0 Å². The summed E-state index contributed by atoms with van der Waals surface area (Å²) in [5.74, 6) is -0.615. The largest absolute Gasteiger partial charge is 0.469 e. The van der Waals surface area contributed by atoms with E-state index in [1.165, 1.54) is 7.11 Å². The smallest absolute Gasteiger partial charge is 0.308 e. The van der Waals surface area contributed by atoms with E-state index in [1.54, 1.807) is 6.92 Å². The zero-order valence-corrected chi connectivity index (χ0v) is 6.18. The number of nitrogens with two attached hydrogens (primary N) is 1. The predicted molar refractivity (Wildman–Crippen MR) is 37.7 cm³/mol. The SMILES string of the molecule is COC(=O)C(C)CC(=N)N. The molecule has 0 aromatic rings. The number of ether oxygens (including phenoxy) is 1. The summed E-state index contributed by atoms with van der Waals surface area (Å²) < 4.78 is 4.42. The Bertz CT molecular complexity index is 145. The summed E-state index contributed by atoms with van der Waals surface area (Å²) in [5, 5.41) is 6.86. The van der Waals surface area contributed by atoms with Crippen molar-refractivity contribution in [2.45, 2.75) is 13.3 Å². The molecule has 4 heteroatoms. The molecule has 10 heavy (non-hydrogen) atoms. The second-order valence-electron chi connectivity index (χ2n) is 2.15. The van der Waals surface area contributed by atoms with Crippen molar-refractivity contribution in [1.82, 2.24) is 0 Å². The Labute approximate surface area is 59.9 Å². The molecule has 0 saturated carbocycles. The summed E-state index contributed by atoms with van der Waals surface area (Å²) in [4.78, 5) is 10.7. The van der Waals surface area contributed by atoms with E-state index in [4.69, 9.17) is 11.1 Å². The van der Waals surface area contributed by atoms with Crippen molar-refractivity contribution in [2.75, 3.05) is 7.11 Å². The van der Waals surface area contributed by atoms with Crippen LogP contribution in [0.4, 0.5) is 0 Å². The highest BCUT2D eigenvalue weighted by Crippen LogP contribution is 2.02. The third-order valence-electron chi connectivity index (χ3n) is 1.13. The van der Waals surface area contributed by atoms with E-state index < -0.39 is 0 Å². The number of hydrogen-bond acceptors (Lipinski definition) is 3. The lowest BCUT2D eigenvalue weighted by Gasteiger charge is -2.05. The Morgan fingerprint density at radius 2 is 2.30 bits per heavy atom. The van der Waals surface area contributed by atoms with Crippen molar-refractivity contribution in [2.24, 2.45) is 11.7 Å². The molecular weight excluding hydrogens is 132 g/mol. The summed E-state index contributed by atoms with van der Waals surface area (Å²) >= 11 is 0. The number of esters is 1. The minimum Gasteiger partial charge on any atom is -0.469 e. The van der Waals surface area contributed by atoms with E-state index in [9.17, 15) is 4.79 Å². The lowest BCUT2D eigenvalue weighted by molar-refractivity contribution is -0.144. The van der Waals surface area contributed by atoms with Crippen molar-refractivity contribution < 1.29 is 9.53 Å². The van der Waals surface area contributed by atoms with Crippen LogP contribution in [0.25, 0.3) is 0 Å². The second-order valence-corrected chi connectivity index (χ2v) is 2.15. The van der Waals surface area contributed by atoms with Crippen molar-refractivity contribution in [3.63, 3.8) is 0 Å². The minimum atomic E-state index is -0.324. The molecule has 0 aliphatic heterocycles. The third-order valence-corrected chi connectivity index (χ3v) is 1.13. The van der Waals surface area contributed by atoms with Gasteiger partial charge in [-0.1, -0.05) is 6.92 Å². The lowest BCUT2D eigenvalue weighted by Crippen LogP contribution is -2.20. The van der Waals surface area contributed by atoms with Gasteiger partial charge >= 0.3 is 5.97 Å². The summed E-state index contributed by atoms with van der Waals surface area (Å²) in [5.41, 5.74) is 5.06. The second kappa shape index (κ2) is 3.87. The van der Waals surface area contributed by atoms with Crippen molar-refractivity contribution in [3.05, 3.63) is 0 Å². The first kappa shape index (κ1) is 8.94. The molecule has 1 atom stereocenters. The number of hydrogen-bond donors (Lipinski definition) is 2. The van der Waals surface area contributed by atoms with Gasteiger partial charge in [0, 0.05) is 6.42 Å². The molecule has 4 nitrogen and oxygen atoms in total. The molecule has 0 spiro atoms. The monoisotopic (exact) mass is 144 g/mol. The normalized spacial score (nSPS) is 12.2. The van der Waals surface area contributed by atoms with E-state index >= 15 is 0 Å². The molecule has 58 valence electrons. The van der Waals surface area contributed by atoms with Crippen LogP contribution in [0.1, 0.15) is 13.3 Å². The fraction of sp³-hybridized carbons (Fsp3) is 0.667. The van der Waals surface area contributed by atoms with E-state index in [1.807, 2.05) is 0 Å². The molecule has 0 aliphatic carbocycles. The quantitative estimate of drug-likeness (QED) is 0.335. The molecule has 1 unspecified atom stereocenters. The van der Waals surface area contributed by atoms with Crippen LogP contribution >= 0.6 is 0 Å². The average molecular weight is 144 g/mol. The molecule has 0 heterocycles. The van der Waals surface area contributed by atoms with Gasteiger partial charge in [0.1, 0.15) is 0 Å². The molecule has 0 rings (SSSR count). The Balaban J connectivity index is 3.72. The number of nitrogens with one attached hydrogen (secondary N) is 1. The van der Waals surface area contributed by atoms with Crippen molar-refractivity contribution >= 4 is 11.8 Å². The number of methoxy groups -OCH3 is 1. The molecule has 0 bridgehead atoms. The molecule has 0 aromatic heterocycles. The molecule has 0 radical (unpaired) electrons. The summed E-state index contributed by atoms with van der Waals surface area (Å²) in [7, 11) is 1.32. The van der Waals surface area contributed by atoms with Gasteiger partial charge in [0.25, 0.3) is 0 Å². The Kier molecular flexibility index (Phi) is 3.46. The van der Waals surface area contributed by atoms with Gasteiger partial charge in [0.05, 0.1) is 18.9 Å². The fourth-order valence-corrected chi connectivity index (χ4v) is 0.614. The van der Waals surface area contributed by atoms with Crippen LogP contribution in [0.15, 0.2) is 0 Å². The Morgan fingerprint density at radius 1 is 1.80 bits per heavy atom. The minimum absolute atomic E-state index is 0.0119. The standard InChI is InChI=1S/C6H12N2O2/c1-4(3-5(7)8)6(9)10-2/h4H,3H2,1-2H3,(H3,7,8). The van der Waals surface area contributed by atoms with Crippen molar-refractivity contribution in [3.8, 4) is 0 Å². The fourth-order valence-electron chi connectivity index (χ4n) is 0.614. The number of amidine groups is 1. The van der Waals surface area contributed by atoms with Gasteiger partial charge in [0.2, 0.25) is 0 Å². The van der Waals surface area contributed by atoms with Crippen LogP contribution in [-0.2, 0) is 9.53 Å². The molecule has 0 aliphatic rings. The topological polar surface area (TPSA) is 76.2 Å². The Morgan fingerprint density at radius 3 is 2.60 bits per heavy atom. The van der Waals surface area contributed by atoms with Crippen LogP contribution in [0.5, 0.6) is 0 Å². The summed E-state index contributed by atoms with van der Waals surface area (Å²) in [6.07, 6.45) is 0.271. The Hall–Kier alpha value is -1.06. The van der Waals surface area contributed by atoms with Gasteiger partial charge in [-0.05, 0) is 0 Å². The average Bonchev–Trinajstić information content (AvgIpc) is 1.85. The maximum atomic E-state index is 10.7. The van der Waals surface area contributed by atoms with Gasteiger partial charge in [-0.15, -0.1) is 0 Å². The first-order valence-electron chi connectivity index (χ1n) is 2.98. The molecule has 0 aromatic carbocycles. The van der Waals surface area contributed by atoms with Crippen LogP contribution < -0.4 is 5.73 Å². The molecule has 0 amide bonds. The maximum Gasteiger partial charge on any atom is 0.308 e. The summed E-state index contributed by atoms with van der Waals surface area (Å²) in [6, 6.07) is 0. The van der Waals surface area contributed by atoms with Gasteiger partial charge in [-0.25, -0.2) is 0 Å². The highest BCUT2D eigenvalue weighted by molar-refractivity contribution is 5.83. The zero-order valence-electron chi connectivity index (χ0n) is 6.18. The molecular formula is C6H12N2O2. The van der Waals surface area contributed by atoms with Crippen LogP contribution in [-0.4, -0.2) is 18.9 Å². The van der Waals surface area contributed by atoms with E-state index in [2.05, 4.69) is 4.74 Å². The lowest BCUT2D eigenvalue weighted by atomic mass is 10.1. The number of carbonyl (C=O) groups is 1. The van der Waals surface area contributed by atoms with E-state index in [-0.39, 0.29) is 24.1 Å². The predicted octanol–water partition coefficient (Wildman–Crippen LogP) is 0.122.